The molecule has 5 rings (SSSR count). The number of carboxylic acids is 1. The number of aromatic nitrogens is 1. The Labute approximate surface area is 297 Å². The molecule has 0 unspecified atom stereocenters. The van der Waals surface area contributed by atoms with Gasteiger partial charge in [0.2, 0.25) is 0 Å². The van der Waals surface area contributed by atoms with Gasteiger partial charge in [0.15, 0.2) is 0 Å². The SMILES string of the molecule is CC(C)(C)OC(=O)N(CCCOc1ccc2nccc(C(=O)OCc3ccccc3)c2c1)[C@@H](Cc1ccc(OCc2ccccc2)cc1)C(=O)O. The lowest BCUT2D eigenvalue weighted by atomic mass is 10.0. The molecule has 264 valence electrons. The lowest BCUT2D eigenvalue weighted by Crippen LogP contribution is -2.49. The number of esters is 1. The average molecular weight is 691 g/mol. The van der Waals surface area contributed by atoms with Gasteiger partial charge in [-0.05, 0) is 80.3 Å². The van der Waals surface area contributed by atoms with Crippen molar-refractivity contribution >= 4 is 28.9 Å². The fourth-order valence-electron chi connectivity index (χ4n) is 5.33. The molecule has 10 heteroatoms. The maximum absolute atomic E-state index is 13.4. The van der Waals surface area contributed by atoms with E-state index in [-0.39, 0.29) is 26.2 Å². The lowest BCUT2D eigenvalue weighted by Gasteiger charge is -2.31. The van der Waals surface area contributed by atoms with Gasteiger partial charge in [0.25, 0.3) is 0 Å². The lowest BCUT2D eigenvalue weighted by molar-refractivity contribution is -0.143. The van der Waals surface area contributed by atoms with Crippen LogP contribution in [0, 0.1) is 0 Å². The van der Waals surface area contributed by atoms with Crippen LogP contribution in [-0.2, 0) is 33.9 Å². The first-order valence-electron chi connectivity index (χ1n) is 16.8. The number of carboxylic acid groups (broad SMARTS) is 1. The molecular formula is C41H42N2O8. The number of carbonyl (C=O) groups excluding carboxylic acids is 2. The molecule has 10 nitrogen and oxygen atoms in total. The van der Waals surface area contributed by atoms with Gasteiger partial charge >= 0.3 is 18.0 Å². The molecule has 0 bridgehead atoms. The summed E-state index contributed by atoms with van der Waals surface area (Å²) in [5.74, 6) is -0.498. The van der Waals surface area contributed by atoms with Gasteiger partial charge in [0.1, 0.15) is 36.4 Å². The van der Waals surface area contributed by atoms with E-state index in [1.54, 1.807) is 75.5 Å². The van der Waals surface area contributed by atoms with Crippen LogP contribution in [0.3, 0.4) is 0 Å². The van der Waals surface area contributed by atoms with Gasteiger partial charge in [0, 0.05) is 24.5 Å². The molecular weight excluding hydrogens is 648 g/mol. The summed E-state index contributed by atoms with van der Waals surface area (Å²) < 4.78 is 23.1. The number of benzene rings is 4. The zero-order chi connectivity index (χ0) is 36.2. The molecule has 0 fully saturated rings. The summed E-state index contributed by atoms with van der Waals surface area (Å²) in [7, 11) is 0. The maximum atomic E-state index is 13.4. The van der Waals surface area contributed by atoms with Crippen LogP contribution in [-0.4, -0.2) is 57.8 Å². The topological polar surface area (TPSA) is 124 Å². The number of nitrogens with zero attached hydrogens (tertiary/aromatic N) is 2. The highest BCUT2D eigenvalue weighted by Crippen LogP contribution is 2.25. The minimum atomic E-state index is -1.19. The molecule has 0 radical (unpaired) electrons. The van der Waals surface area contributed by atoms with E-state index in [0.717, 1.165) is 16.7 Å². The van der Waals surface area contributed by atoms with Crippen LogP contribution in [0.1, 0.15) is 54.2 Å². The quantitative estimate of drug-likeness (QED) is 0.0863. The number of hydrogen-bond acceptors (Lipinski definition) is 8. The largest absolute Gasteiger partial charge is 0.494 e. The second-order valence-corrected chi connectivity index (χ2v) is 13.0. The van der Waals surface area contributed by atoms with Gasteiger partial charge in [-0.15, -0.1) is 0 Å². The fourth-order valence-corrected chi connectivity index (χ4v) is 5.33. The number of rotatable bonds is 15. The number of aliphatic carboxylic acids is 1. The molecule has 0 spiro atoms. The Bertz CT molecular complexity index is 1910. The summed E-state index contributed by atoms with van der Waals surface area (Å²) in [5, 5.41) is 10.9. The van der Waals surface area contributed by atoms with Gasteiger partial charge in [0.05, 0.1) is 17.7 Å². The third-order valence-electron chi connectivity index (χ3n) is 7.85. The first-order valence-corrected chi connectivity index (χ1v) is 16.8. The van der Waals surface area contributed by atoms with E-state index in [4.69, 9.17) is 18.9 Å². The molecule has 4 aromatic carbocycles. The molecule has 0 saturated carbocycles. The van der Waals surface area contributed by atoms with E-state index >= 15 is 0 Å². The highest BCUT2D eigenvalue weighted by Gasteiger charge is 2.33. The Morgan fingerprint density at radius 2 is 1.41 bits per heavy atom. The summed E-state index contributed by atoms with van der Waals surface area (Å²) in [5.41, 5.74) is 2.77. The maximum Gasteiger partial charge on any atom is 0.411 e. The second kappa shape index (κ2) is 17.2. The third-order valence-corrected chi connectivity index (χ3v) is 7.85. The Kier molecular flexibility index (Phi) is 12.2. The highest BCUT2D eigenvalue weighted by atomic mass is 16.6. The first kappa shape index (κ1) is 36.4. The molecule has 1 N–H and O–H groups in total. The standard InChI is InChI=1S/C41H42N2O8/c1-41(2,3)51-40(47)43(37(38(44)45)25-29-15-17-32(18-16-29)49-27-30-11-6-4-7-12-30)23-10-24-48-33-19-20-36-35(26-33)34(21-22-42-36)39(46)50-28-31-13-8-5-9-14-31/h4-9,11-22,26,37H,10,23-25,27-28H2,1-3H3,(H,44,45)/t37-/m0/s1. The molecule has 0 aliphatic rings. The molecule has 5 aromatic rings. The molecule has 51 heavy (non-hydrogen) atoms. The Hall–Kier alpha value is -5.90. The van der Waals surface area contributed by atoms with Crippen molar-refractivity contribution in [1.82, 2.24) is 9.88 Å². The van der Waals surface area contributed by atoms with Crippen molar-refractivity contribution < 1.29 is 38.4 Å². The van der Waals surface area contributed by atoms with Gasteiger partial charge in [-0.3, -0.25) is 9.88 Å². The van der Waals surface area contributed by atoms with E-state index in [9.17, 15) is 19.5 Å². The summed E-state index contributed by atoms with van der Waals surface area (Å²) in [4.78, 5) is 44.5. The summed E-state index contributed by atoms with van der Waals surface area (Å²) >= 11 is 0. The molecule has 0 aliphatic carbocycles. The third kappa shape index (κ3) is 10.8. The summed E-state index contributed by atoms with van der Waals surface area (Å²) in [6.07, 6.45) is 1.20. The molecule has 1 heterocycles. The minimum absolute atomic E-state index is 0.0647. The van der Waals surface area contributed by atoms with E-state index in [1.807, 2.05) is 60.7 Å². The van der Waals surface area contributed by atoms with Crippen LogP contribution in [0.4, 0.5) is 4.79 Å². The van der Waals surface area contributed by atoms with Gasteiger partial charge in [-0.2, -0.15) is 0 Å². The van der Waals surface area contributed by atoms with Crippen molar-refractivity contribution in [2.45, 2.75) is 58.5 Å². The van der Waals surface area contributed by atoms with Crippen LogP contribution >= 0.6 is 0 Å². The minimum Gasteiger partial charge on any atom is -0.494 e. The number of ether oxygens (including phenoxy) is 4. The van der Waals surface area contributed by atoms with Crippen molar-refractivity contribution in [1.29, 1.82) is 0 Å². The smallest absolute Gasteiger partial charge is 0.411 e. The molecule has 1 atom stereocenters. The predicted octanol–water partition coefficient (Wildman–Crippen LogP) is 7.87. The fraction of sp³-hybridized carbons (Fsp3) is 0.268. The highest BCUT2D eigenvalue weighted by molar-refractivity contribution is 6.03. The Balaban J connectivity index is 1.23. The van der Waals surface area contributed by atoms with Crippen molar-refractivity contribution in [3.63, 3.8) is 0 Å². The average Bonchev–Trinajstić information content (AvgIpc) is 3.12. The molecule has 0 aliphatic heterocycles. The van der Waals surface area contributed by atoms with Gasteiger partial charge < -0.3 is 24.1 Å². The van der Waals surface area contributed by atoms with Crippen LogP contribution < -0.4 is 9.47 Å². The Morgan fingerprint density at radius 1 is 0.765 bits per heavy atom. The second-order valence-electron chi connectivity index (χ2n) is 13.0. The van der Waals surface area contributed by atoms with Crippen molar-refractivity contribution in [3.8, 4) is 11.5 Å². The molecule has 1 aromatic heterocycles. The number of pyridine rings is 1. The van der Waals surface area contributed by atoms with Crippen LogP contribution in [0.5, 0.6) is 11.5 Å². The predicted molar refractivity (Wildman–Crippen MR) is 193 cm³/mol. The zero-order valence-corrected chi connectivity index (χ0v) is 29.0. The number of carbonyl (C=O) groups is 3. The number of fused-ring (bicyclic) bond motifs is 1. The Morgan fingerprint density at radius 3 is 2.06 bits per heavy atom. The van der Waals surface area contributed by atoms with Crippen LogP contribution in [0.15, 0.2) is 115 Å². The van der Waals surface area contributed by atoms with Crippen LogP contribution in [0.2, 0.25) is 0 Å². The van der Waals surface area contributed by atoms with E-state index in [2.05, 4.69) is 4.98 Å². The van der Waals surface area contributed by atoms with Gasteiger partial charge in [-0.25, -0.2) is 14.4 Å². The van der Waals surface area contributed by atoms with Crippen molar-refractivity contribution in [2.24, 2.45) is 0 Å². The monoisotopic (exact) mass is 690 g/mol. The summed E-state index contributed by atoms with van der Waals surface area (Å²) in [6.45, 7) is 5.98. The number of amides is 1. The van der Waals surface area contributed by atoms with Gasteiger partial charge in [-0.1, -0.05) is 72.8 Å². The van der Waals surface area contributed by atoms with Crippen molar-refractivity contribution in [2.75, 3.05) is 13.2 Å². The van der Waals surface area contributed by atoms with Crippen molar-refractivity contribution in [3.05, 3.63) is 138 Å². The van der Waals surface area contributed by atoms with E-state index in [1.165, 1.54) is 4.90 Å². The van der Waals surface area contributed by atoms with Crippen LogP contribution in [0.25, 0.3) is 10.9 Å². The van der Waals surface area contributed by atoms with E-state index < -0.39 is 29.7 Å². The zero-order valence-electron chi connectivity index (χ0n) is 29.0. The summed E-state index contributed by atoms with van der Waals surface area (Å²) in [6, 6.07) is 32.0. The van der Waals surface area contributed by atoms with E-state index in [0.29, 0.717) is 41.0 Å². The first-order chi connectivity index (χ1) is 24.6. The normalized spacial score (nSPS) is 11.7. The molecule has 1 amide bonds. The number of hydrogen-bond donors (Lipinski definition) is 1. The molecule has 0 saturated heterocycles.